The van der Waals surface area contributed by atoms with Crippen LogP contribution in [0.5, 0.6) is 0 Å². The minimum Gasteiger partial charge on any atom is -0.480 e. The standard InChI is InChI=1S/C19H26N2O6/c1-18(2,13-21-17(25)26-12-14-6-4-3-5-7-14)27-16(24)19(15(22)23)8-10-20-11-9-19/h3-7,20H,8-13H2,1-2H3,(H,21,25)(H,22,23). The van der Waals surface area contributed by atoms with E-state index in [9.17, 15) is 19.5 Å². The Morgan fingerprint density at radius 2 is 1.81 bits per heavy atom. The largest absolute Gasteiger partial charge is 0.480 e. The van der Waals surface area contributed by atoms with Crippen LogP contribution in [0.15, 0.2) is 30.3 Å². The van der Waals surface area contributed by atoms with Gasteiger partial charge < -0.3 is 25.2 Å². The minimum absolute atomic E-state index is 0.000310. The number of aliphatic carboxylic acids is 1. The highest BCUT2D eigenvalue weighted by atomic mass is 16.6. The van der Waals surface area contributed by atoms with Crippen molar-refractivity contribution in [3.8, 4) is 0 Å². The van der Waals surface area contributed by atoms with Gasteiger partial charge in [-0.2, -0.15) is 0 Å². The van der Waals surface area contributed by atoms with E-state index < -0.39 is 29.0 Å². The summed E-state index contributed by atoms with van der Waals surface area (Å²) in [6.07, 6.45) is -0.300. The molecular formula is C19H26N2O6. The molecule has 1 aliphatic rings. The van der Waals surface area contributed by atoms with Gasteiger partial charge in [0.15, 0.2) is 5.41 Å². The van der Waals surface area contributed by atoms with Crippen molar-refractivity contribution in [2.24, 2.45) is 5.41 Å². The van der Waals surface area contributed by atoms with Crippen molar-refractivity contribution < 1.29 is 29.0 Å². The number of amides is 1. The lowest BCUT2D eigenvalue weighted by Crippen LogP contribution is -2.52. The minimum atomic E-state index is -1.55. The van der Waals surface area contributed by atoms with Crippen LogP contribution in [0.2, 0.25) is 0 Å². The van der Waals surface area contributed by atoms with Gasteiger partial charge in [0.1, 0.15) is 12.2 Å². The first-order chi connectivity index (χ1) is 12.8. The Bertz CT molecular complexity index is 668. The van der Waals surface area contributed by atoms with Gasteiger partial charge in [-0.1, -0.05) is 30.3 Å². The number of carbonyl (C=O) groups is 3. The Kier molecular flexibility index (Phi) is 6.79. The number of carboxylic acids is 1. The number of benzene rings is 1. The van der Waals surface area contributed by atoms with Crippen LogP contribution in [0.1, 0.15) is 32.3 Å². The average Bonchev–Trinajstić information content (AvgIpc) is 2.65. The molecule has 0 atom stereocenters. The fourth-order valence-electron chi connectivity index (χ4n) is 2.80. The van der Waals surface area contributed by atoms with Crippen LogP contribution in [0.3, 0.4) is 0 Å². The molecule has 0 aromatic heterocycles. The Hall–Kier alpha value is -2.61. The van der Waals surface area contributed by atoms with E-state index in [2.05, 4.69) is 10.6 Å². The molecule has 1 aliphatic heterocycles. The number of hydrogen-bond acceptors (Lipinski definition) is 6. The maximum atomic E-state index is 12.6. The monoisotopic (exact) mass is 378 g/mol. The summed E-state index contributed by atoms with van der Waals surface area (Å²) < 4.78 is 10.5. The zero-order valence-corrected chi connectivity index (χ0v) is 15.6. The first kappa shape index (κ1) is 20.7. The van der Waals surface area contributed by atoms with E-state index in [0.29, 0.717) is 13.1 Å². The van der Waals surface area contributed by atoms with Crippen molar-refractivity contribution in [2.75, 3.05) is 19.6 Å². The Morgan fingerprint density at radius 3 is 2.41 bits per heavy atom. The molecule has 2 rings (SSSR count). The zero-order valence-electron chi connectivity index (χ0n) is 15.6. The Morgan fingerprint density at radius 1 is 1.19 bits per heavy atom. The fraction of sp³-hybridized carbons (Fsp3) is 0.526. The van der Waals surface area contributed by atoms with E-state index in [1.165, 1.54) is 0 Å². The lowest BCUT2D eigenvalue weighted by molar-refractivity contribution is -0.179. The van der Waals surface area contributed by atoms with Crippen LogP contribution < -0.4 is 10.6 Å². The van der Waals surface area contributed by atoms with Gasteiger partial charge in [0.25, 0.3) is 0 Å². The highest BCUT2D eigenvalue weighted by Crippen LogP contribution is 2.32. The van der Waals surface area contributed by atoms with Crippen molar-refractivity contribution in [3.63, 3.8) is 0 Å². The second-order valence-electron chi connectivity index (χ2n) is 7.20. The zero-order chi connectivity index (χ0) is 19.9. The van der Waals surface area contributed by atoms with Gasteiger partial charge in [-0.3, -0.25) is 9.59 Å². The molecular weight excluding hydrogens is 352 g/mol. The first-order valence-electron chi connectivity index (χ1n) is 8.87. The number of rotatable bonds is 7. The Balaban J connectivity index is 1.85. The fourth-order valence-corrected chi connectivity index (χ4v) is 2.80. The highest BCUT2D eigenvalue weighted by molar-refractivity contribution is 5.99. The molecule has 1 aromatic carbocycles. The van der Waals surface area contributed by atoms with Crippen molar-refractivity contribution >= 4 is 18.0 Å². The van der Waals surface area contributed by atoms with E-state index >= 15 is 0 Å². The van der Waals surface area contributed by atoms with Gasteiger partial charge in [-0.15, -0.1) is 0 Å². The molecule has 1 aromatic rings. The van der Waals surface area contributed by atoms with Crippen LogP contribution in [0.4, 0.5) is 4.79 Å². The molecule has 148 valence electrons. The van der Waals surface area contributed by atoms with Crippen LogP contribution in [-0.2, 0) is 25.7 Å². The smallest absolute Gasteiger partial charge is 0.407 e. The van der Waals surface area contributed by atoms with E-state index in [-0.39, 0.29) is 26.0 Å². The molecule has 0 spiro atoms. The van der Waals surface area contributed by atoms with E-state index in [4.69, 9.17) is 9.47 Å². The van der Waals surface area contributed by atoms with E-state index in [1.54, 1.807) is 13.8 Å². The lowest BCUT2D eigenvalue weighted by atomic mass is 9.79. The summed E-state index contributed by atoms with van der Waals surface area (Å²) in [5, 5.41) is 15.1. The molecule has 1 heterocycles. The molecule has 0 unspecified atom stereocenters. The molecule has 0 aliphatic carbocycles. The van der Waals surface area contributed by atoms with Crippen LogP contribution in [-0.4, -0.2) is 48.4 Å². The average molecular weight is 378 g/mol. The molecule has 1 amide bonds. The third-order valence-electron chi connectivity index (χ3n) is 4.50. The van der Waals surface area contributed by atoms with Gasteiger partial charge in [0.05, 0.1) is 6.54 Å². The van der Waals surface area contributed by atoms with Gasteiger partial charge in [-0.05, 0) is 45.3 Å². The number of esters is 1. The SMILES string of the molecule is CC(C)(CNC(=O)OCc1ccccc1)OC(=O)C1(C(=O)O)CCNCC1. The van der Waals surface area contributed by atoms with Crippen molar-refractivity contribution in [1.82, 2.24) is 10.6 Å². The summed E-state index contributed by atoms with van der Waals surface area (Å²) in [4.78, 5) is 36.1. The van der Waals surface area contributed by atoms with Crippen molar-refractivity contribution in [1.29, 1.82) is 0 Å². The molecule has 8 heteroatoms. The molecule has 0 bridgehead atoms. The topological polar surface area (TPSA) is 114 Å². The number of nitrogens with one attached hydrogen (secondary N) is 2. The highest BCUT2D eigenvalue weighted by Gasteiger charge is 2.49. The molecule has 0 radical (unpaired) electrons. The normalized spacial score (nSPS) is 16.2. The Labute approximate surface area is 158 Å². The predicted octanol–water partition coefficient (Wildman–Crippen LogP) is 1.69. The summed E-state index contributed by atoms with van der Waals surface area (Å²) in [6, 6.07) is 9.23. The van der Waals surface area contributed by atoms with Crippen LogP contribution in [0.25, 0.3) is 0 Å². The molecule has 1 fully saturated rings. The summed E-state index contributed by atoms with van der Waals surface area (Å²) >= 11 is 0. The van der Waals surface area contributed by atoms with Gasteiger partial charge in [0, 0.05) is 0 Å². The first-order valence-corrected chi connectivity index (χ1v) is 8.87. The maximum absolute atomic E-state index is 12.6. The third-order valence-corrected chi connectivity index (χ3v) is 4.50. The van der Waals surface area contributed by atoms with Gasteiger partial charge in [0.2, 0.25) is 0 Å². The second-order valence-corrected chi connectivity index (χ2v) is 7.20. The number of carboxylic acid groups (broad SMARTS) is 1. The summed E-state index contributed by atoms with van der Waals surface area (Å²) in [6.45, 7) is 4.22. The van der Waals surface area contributed by atoms with Crippen LogP contribution in [0, 0.1) is 5.41 Å². The number of ether oxygens (including phenoxy) is 2. The predicted molar refractivity (Wildman–Crippen MR) is 97.0 cm³/mol. The van der Waals surface area contributed by atoms with Gasteiger partial charge in [-0.25, -0.2) is 4.79 Å². The van der Waals surface area contributed by atoms with E-state index in [0.717, 1.165) is 5.56 Å². The molecule has 1 saturated heterocycles. The molecule has 3 N–H and O–H groups in total. The molecule has 27 heavy (non-hydrogen) atoms. The van der Waals surface area contributed by atoms with Crippen molar-refractivity contribution in [2.45, 2.75) is 38.9 Å². The number of piperidine rings is 1. The lowest BCUT2D eigenvalue weighted by Gasteiger charge is -2.35. The number of alkyl carbamates (subject to hydrolysis) is 1. The maximum Gasteiger partial charge on any atom is 0.407 e. The summed E-state index contributed by atoms with van der Waals surface area (Å²) in [5.74, 6) is -1.96. The third kappa shape index (κ3) is 5.68. The molecule has 8 nitrogen and oxygen atoms in total. The number of carbonyl (C=O) groups excluding carboxylic acids is 2. The van der Waals surface area contributed by atoms with Crippen LogP contribution >= 0.6 is 0 Å². The second kappa shape index (κ2) is 8.85. The quantitative estimate of drug-likeness (QED) is 0.489. The van der Waals surface area contributed by atoms with Gasteiger partial charge >= 0.3 is 18.0 Å². The van der Waals surface area contributed by atoms with Crippen molar-refractivity contribution in [3.05, 3.63) is 35.9 Å². The number of hydrogen-bond donors (Lipinski definition) is 3. The molecule has 0 saturated carbocycles. The summed E-state index contributed by atoms with van der Waals surface area (Å²) in [5.41, 5.74) is -1.76. The summed E-state index contributed by atoms with van der Waals surface area (Å²) in [7, 11) is 0. The van der Waals surface area contributed by atoms with E-state index in [1.807, 2.05) is 30.3 Å².